The highest BCUT2D eigenvalue weighted by Crippen LogP contribution is 2.41. The molecule has 1 aliphatic carbocycles. The number of ether oxygens (including phenoxy) is 2. The van der Waals surface area contributed by atoms with Gasteiger partial charge in [0.2, 0.25) is 0 Å². The Morgan fingerprint density at radius 2 is 2.18 bits per heavy atom. The fourth-order valence-corrected chi connectivity index (χ4v) is 1.84. The van der Waals surface area contributed by atoms with Gasteiger partial charge in [-0.3, -0.25) is 0 Å². The summed E-state index contributed by atoms with van der Waals surface area (Å²) in [5.41, 5.74) is 6.92. The monoisotopic (exact) mass is 240 g/mol. The van der Waals surface area contributed by atoms with Crippen molar-refractivity contribution in [2.24, 2.45) is 0 Å². The lowest BCUT2D eigenvalue weighted by molar-refractivity contribution is 0.0675. The molecular weight excluding hydrogens is 220 g/mol. The maximum absolute atomic E-state index is 5.81. The summed E-state index contributed by atoms with van der Waals surface area (Å²) in [7, 11) is 1.67. The minimum Gasteiger partial charge on any atom is -0.382 e. The Kier molecular flexibility index (Phi) is 4.33. The number of hydrogen-bond acceptors (Lipinski definition) is 5. The smallest absolute Gasteiger partial charge is 0.169 e. The van der Waals surface area contributed by atoms with E-state index >= 15 is 0 Å². The van der Waals surface area contributed by atoms with Crippen LogP contribution in [0.4, 0.5) is 5.82 Å². The molecule has 17 heavy (non-hydrogen) atoms. The Labute approximate surface area is 101 Å². The van der Waals surface area contributed by atoms with Crippen molar-refractivity contribution < 1.29 is 9.47 Å². The zero-order valence-electron chi connectivity index (χ0n) is 10.3. The summed E-state index contributed by atoms with van der Waals surface area (Å²) in [6.07, 6.45) is 3.34. The second-order valence-corrected chi connectivity index (χ2v) is 4.32. The molecule has 1 fully saturated rings. The van der Waals surface area contributed by atoms with E-state index in [1.165, 1.54) is 12.8 Å². The van der Waals surface area contributed by atoms with Crippen LogP contribution in [0.15, 0.2) is 0 Å². The van der Waals surface area contributed by atoms with Gasteiger partial charge in [0.15, 0.2) is 5.82 Å². The highest BCUT2D eigenvalue weighted by Gasteiger charge is 2.30. The molecule has 1 aromatic heterocycles. The molecule has 6 nitrogen and oxygen atoms in total. The van der Waals surface area contributed by atoms with Gasteiger partial charge in [-0.25, -0.2) is 4.68 Å². The highest BCUT2D eigenvalue weighted by atomic mass is 16.5. The Bertz CT molecular complexity index is 349. The number of methoxy groups -OCH3 is 1. The number of aromatic nitrogens is 3. The van der Waals surface area contributed by atoms with Crippen molar-refractivity contribution in [1.82, 2.24) is 15.0 Å². The van der Waals surface area contributed by atoms with Crippen molar-refractivity contribution in [3.63, 3.8) is 0 Å². The maximum atomic E-state index is 5.81. The summed E-state index contributed by atoms with van der Waals surface area (Å²) >= 11 is 0. The van der Waals surface area contributed by atoms with E-state index in [9.17, 15) is 0 Å². The van der Waals surface area contributed by atoms with Crippen LogP contribution in [0.2, 0.25) is 0 Å². The molecule has 0 spiro atoms. The Morgan fingerprint density at radius 3 is 2.88 bits per heavy atom. The van der Waals surface area contributed by atoms with E-state index in [2.05, 4.69) is 10.3 Å². The lowest BCUT2D eigenvalue weighted by Gasteiger charge is -2.06. The zero-order chi connectivity index (χ0) is 12.1. The molecule has 2 rings (SSSR count). The first-order chi connectivity index (χ1) is 8.33. The predicted molar refractivity (Wildman–Crippen MR) is 63.7 cm³/mol. The van der Waals surface area contributed by atoms with Crippen LogP contribution in [0, 0.1) is 0 Å². The van der Waals surface area contributed by atoms with Crippen molar-refractivity contribution in [1.29, 1.82) is 0 Å². The van der Waals surface area contributed by atoms with Gasteiger partial charge in [-0.2, -0.15) is 0 Å². The van der Waals surface area contributed by atoms with Crippen LogP contribution in [0.5, 0.6) is 0 Å². The van der Waals surface area contributed by atoms with Gasteiger partial charge in [-0.05, 0) is 19.3 Å². The quantitative estimate of drug-likeness (QED) is 0.680. The summed E-state index contributed by atoms with van der Waals surface area (Å²) in [5, 5.41) is 8.01. The molecular formula is C11H20N4O2. The van der Waals surface area contributed by atoms with Crippen molar-refractivity contribution >= 4 is 5.82 Å². The Morgan fingerprint density at radius 1 is 1.35 bits per heavy atom. The summed E-state index contributed by atoms with van der Waals surface area (Å²) in [6, 6.07) is 0. The number of rotatable bonds is 8. The van der Waals surface area contributed by atoms with Gasteiger partial charge in [0.25, 0.3) is 0 Å². The first kappa shape index (κ1) is 12.3. The molecule has 0 amide bonds. The number of nitrogens with two attached hydrogens (primary N) is 1. The average molecular weight is 240 g/mol. The van der Waals surface area contributed by atoms with Crippen LogP contribution >= 0.6 is 0 Å². The van der Waals surface area contributed by atoms with E-state index in [1.807, 2.05) is 4.68 Å². The van der Waals surface area contributed by atoms with Crippen LogP contribution in [0.25, 0.3) is 0 Å². The fourth-order valence-electron chi connectivity index (χ4n) is 1.84. The number of nitrogens with zero attached hydrogens (tertiary/aromatic N) is 3. The molecule has 0 atom stereocenters. The van der Waals surface area contributed by atoms with E-state index in [0.29, 0.717) is 31.6 Å². The third-order valence-electron chi connectivity index (χ3n) is 2.86. The molecule has 2 N–H and O–H groups in total. The first-order valence-corrected chi connectivity index (χ1v) is 6.08. The van der Waals surface area contributed by atoms with Crippen molar-refractivity contribution in [2.75, 3.05) is 32.7 Å². The van der Waals surface area contributed by atoms with Crippen LogP contribution in [0.1, 0.15) is 30.9 Å². The van der Waals surface area contributed by atoms with E-state index in [4.69, 9.17) is 15.2 Å². The van der Waals surface area contributed by atoms with Gasteiger partial charge >= 0.3 is 0 Å². The minimum atomic E-state index is 0.583. The first-order valence-electron chi connectivity index (χ1n) is 6.08. The summed E-state index contributed by atoms with van der Waals surface area (Å²) < 4.78 is 12.2. The predicted octanol–water partition coefficient (Wildman–Crippen LogP) is 0.791. The maximum Gasteiger partial charge on any atom is 0.169 e. The van der Waals surface area contributed by atoms with E-state index < -0.39 is 0 Å². The topological polar surface area (TPSA) is 75.2 Å². The summed E-state index contributed by atoms with van der Waals surface area (Å²) in [5.74, 6) is 1.17. The summed E-state index contributed by atoms with van der Waals surface area (Å²) in [4.78, 5) is 0. The van der Waals surface area contributed by atoms with Crippen molar-refractivity contribution in [2.45, 2.75) is 31.7 Å². The molecule has 0 bridgehead atoms. The van der Waals surface area contributed by atoms with Crippen molar-refractivity contribution in [3.8, 4) is 0 Å². The van der Waals surface area contributed by atoms with Gasteiger partial charge in [-0.15, -0.1) is 5.10 Å². The Balaban J connectivity index is 1.71. The van der Waals surface area contributed by atoms with Gasteiger partial charge in [0.1, 0.15) is 0 Å². The van der Waals surface area contributed by atoms with Gasteiger partial charge in [-0.1, -0.05) is 5.21 Å². The average Bonchev–Trinajstić information content (AvgIpc) is 3.09. The molecule has 0 radical (unpaired) electrons. The van der Waals surface area contributed by atoms with Gasteiger partial charge in [0.05, 0.1) is 18.9 Å². The molecule has 1 saturated carbocycles. The normalized spacial score (nSPS) is 15.4. The Hall–Kier alpha value is -1.14. The molecule has 0 aliphatic heterocycles. The molecule has 1 aliphatic rings. The highest BCUT2D eigenvalue weighted by molar-refractivity contribution is 5.38. The number of anilines is 1. The molecule has 1 aromatic rings. The third kappa shape index (κ3) is 3.41. The lowest BCUT2D eigenvalue weighted by atomic mass is 10.3. The van der Waals surface area contributed by atoms with Crippen LogP contribution in [-0.4, -0.2) is 41.9 Å². The molecule has 6 heteroatoms. The van der Waals surface area contributed by atoms with Gasteiger partial charge < -0.3 is 15.2 Å². The van der Waals surface area contributed by atoms with Crippen molar-refractivity contribution in [3.05, 3.63) is 5.69 Å². The molecule has 1 heterocycles. The molecule has 96 valence electrons. The van der Waals surface area contributed by atoms with Crippen LogP contribution in [-0.2, 0) is 16.0 Å². The molecule has 0 saturated heterocycles. The van der Waals surface area contributed by atoms with E-state index in [0.717, 1.165) is 18.7 Å². The zero-order valence-corrected chi connectivity index (χ0v) is 10.3. The molecule has 0 unspecified atom stereocenters. The largest absolute Gasteiger partial charge is 0.382 e. The second-order valence-electron chi connectivity index (χ2n) is 4.32. The van der Waals surface area contributed by atoms with Gasteiger partial charge in [0, 0.05) is 26.2 Å². The van der Waals surface area contributed by atoms with Crippen LogP contribution < -0.4 is 5.73 Å². The third-order valence-corrected chi connectivity index (χ3v) is 2.86. The van der Waals surface area contributed by atoms with Crippen LogP contribution in [0.3, 0.4) is 0 Å². The minimum absolute atomic E-state index is 0.583. The number of hydrogen-bond donors (Lipinski definition) is 1. The summed E-state index contributed by atoms with van der Waals surface area (Å²) in [6.45, 7) is 2.82. The second kappa shape index (κ2) is 5.97. The standard InChI is InChI=1S/C11H20N4O2/c1-16-7-8-17-6-2-5-15-10(9-3-4-9)11(12)13-14-15/h9H,2-8,12H2,1H3. The molecule has 0 aromatic carbocycles. The number of nitrogen functional groups attached to an aromatic ring is 1. The fraction of sp³-hybridized carbons (Fsp3) is 0.818. The van der Waals surface area contributed by atoms with E-state index in [-0.39, 0.29) is 0 Å². The van der Waals surface area contributed by atoms with E-state index in [1.54, 1.807) is 7.11 Å². The SMILES string of the molecule is COCCOCCCn1nnc(N)c1C1CC1. The lowest BCUT2D eigenvalue weighted by Crippen LogP contribution is -2.09. The number of aryl methyl sites for hydroxylation is 1.